The first-order valence-electron chi connectivity index (χ1n) is 7.47. The molecule has 2 aliphatic rings. The highest BCUT2D eigenvalue weighted by Gasteiger charge is 2.36. The molecule has 1 aromatic carbocycles. The van der Waals surface area contributed by atoms with E-state index in [4.69, 9.17) is 4.74 Å². The molecule has 122 valence electrons. The summed E-state index contributed by atoms with van der Waals surface area (Å²) in [6.07, 6.45) is 2.57. The number of fused-ring (bicyclic) bond motifs is 1. The third kappa shape index (κ3) is 3.52. The van der Waals surface area contributed by atoms with E-state index in [-0.39, 0.29) is 36.2 Å². The van der Waals surface area contributed by atoms with Crippen LogP contribution in [0.15, 0.2) is 18.2 Å². The van der Waals surface area contributed by atoms with Gasteiger partial charge in [-0.05, 0) is 39.3 Å². The van der Waals surface area contributed by atoms with Crippen LogP contribution in [0.1, 0.15) is 44.7 Å². The number of hydrogen-bond donors (Lipinski definition) is 2. The molecule has 0 spiro atoms. The Morgan fingerprint density at radius 3 is 2.91 bits per heavy atom. The lowest BCUT2D eigenvalue weighted by Gasteiger charge is -2.38. The zero-order chi connectivity index (χ0) is 15.0. The number of nitrogens with one attached hydrogen (secondary N) is 2. The fraction of sp³-hybridized carbons (Fsp3) is 0.562. The van der Waals surface area contributed by atoms with Gasteiger partial charge in [0.2, 0.25) is 5.91 Å². The van der Waals surface area contributed by atoms with Crippen molar-refractivity contribution in [1.29, 1.82) is 0 Å². The summed E-state index contributed by atoms with van der Waals surface area (Å²) in [4.78, 5) is 12.3. The summed E-state index contributed by atoms with van der Waals surface area (Å²) < 4.78 is 19.2. The SMILES string of the molecule is CC1(C)CC(NC(=O)C2CCCN2)c2ccc(F)cc2O1.Cl. The van der Waals surface area contributed by atoms with E-state index in [2.05, 4.69) is 10.6 Å². The zero-order valence-corrected chi connectivity index (χ0v) is 13.6. The summed E-state index contributed by atoms with van der Waals surface area (Å²) in [5.74, 6) is 0.218. The maximum Gasteiger partial charge on any atom is 0.237 e. The first-order chi connectivity index (χ1) is 9.94. The van der Waals surface area contributed by atoms with Crippen LogP contribution in [0.3, 0.4) is 0 Å². The van der Waals surface area contributed by atoms with Gasteiger partial charge in [0.1, 0.15) is 17.2 Å². The minimum Gasteiger partial charge on any atom is -0.487 e. The molecular weight excluding hydrogens is 307 g/mol. The van der Waals surface area contributed by atoms with Crippen molar-refractivity contribution in [3.05, 3.63) is 29.6 Å². The van der Waals surface area contributed by atoms with Gasteiger partial charge in [0.15, 0.2) is 0 Å². The van der Waals surface area contributed by atoms with Gasteiger partial charge in [-0.15, -0.1) is 12.4 Å². The van der Waals surface area contributed by atoms with Crippen LogP contribution in [0.2, 0.25) is 0 Å². The van der Waals surface area contributed by atoms with Crippen molar-refractivity contribution in [3.8, 4) is 5.75 Å². The molecule has 2 N–H and O–H groups in total. The van der Waals surface area contributed by atoms with Crippen LogP contribution < -0.4 is 15.4 Å². The van der Waals surface area contributed by atoms with Crippen molar-refractivity contribution in [2.75, 3.05) is 6.54 Å². The van der Waals surface area contributed by atoms with Gasteiger partial charge < -0.3 is 15.4 Å². The fourth-order valence-corrected chi connectivity index (χ4v) is 3.13. The monoisotopic (exact) mass is 328 g/mol. The van der Waals surface area contributed by atoms with E-state index < -0.39 is 5.60 Å². The number of carbonyl (C=O) groups excluding carboxylic acids is 1. The first-order valence-corrected chi connectivity index (χ1v) is 7.47. The lowest BCUT2D eigenvalue weighted by atomic mass is 9.89. The van der Waals surface area contributed by atoms with E-state index in [1.165, 1.54) is 12.1 Å². The molecular formula is C16H22ClFN2O2. The van der Waals surface area contributed by atoms with Crippen LogP contribution in [0.5, 0.6) is 5.75 Å². The fourth-order valence-electron chi connectivity index (χ4n) is 3.13. The lowest BCUT2D eigenvalue weighted by Crippen LogP contribution is -2.46. The quantitative estimate of drug-likeness (QED) is 0.877. The van der Waals surface area contributed by atoms with E-state index >= 15 is 0 Å². The summed E-state index contributed by atoms with van der Waals surface area (Å²) in [6, 6.07) is 4.25. The van der Waals surface area contributed by atoms with E-state index in [0.717, 1.165) is 24.9 Å². The molecule has 2 aliphatic heterocycles. The molecule has 0 bridgehead atoms. The number of hydrogen-bond acceptors (Lipinski definition) is 3. The Morgan fingerprint density at radius 2 is 2.23 bits per heavy atom. The number of carbonyl (C=O) groups is 1. The molecule has 22 heavy (non-hydrogen) atoms. The van der Waals surface area contributed by atoms with E-state index in [1.807, 2.05) is 13.8 Å². The molecule has 1 saturated heterocycles. The van der Waals surface area contributed by atoms with Crippen molar-refractivity contribution < 1.29 is 13.9 Å². The molecule has 1 amide bonds. The minimum atomic E-state index is -0.429. The third-order valence-electron chi connectivity index (χ3n) is 4.13. The third-order valence-corrected chi connectivity index (χ3v) is 4.13. The molecule has 0 aromatic heterocycles. The largest absolute Gasteiger partial charge is 0.487 e. The molecule has 1 fully saturated rings. The molecule has 3 rings (SSSR count). The highest BCUT2D eigenvalue weighted by molar-refractivity contribution is 5.85. The molecule has 6 heteroatoms. The second-order valence-electron chi connectivity index (χ2n) is 6.46. The summed E-state index contributed by atoms with van der Waals surface area (Å²) in [5.41, 5.74) is 0.420. The summed E-state index contributed by atoms with van der Waals surface area (Å²) in [5, 5.41) is 6.28. The highest BCUT2D eigenvalue weighted by atomic mass is 35.5. The van der Waals surface area contributed by atoms with Crippen LogP contribution in [-0.2, 0) is 4.79 Å². The molecule has 0 aliphatic carbocycles. The number of benzene rings is 1. The predicted molar refractivity (Wildman–Crippen MR) is 84.9 cm³/mol. The van der Waals surface area contributed by atoms with Crippen LogP contribution >= 0.6 is 12.4 Å². The molecule has 2 unspecified atom stereocenters. The minimum absolute atomic E-state index is 0. The Hall–Kier alpha value is -1.33. The van der Waals surface area contributed by atoms with Gasteiger partial charge in [-0.3, -0.25) is 4.79 Å². The zero-order valence-electron chi connectivity index (χ0n) is 12.8. The first kappa shape index (κ1) is 17.0. The molecule has 0 saturated carbocycles. The Labute approximate surface area is 136 Å². The van der Waals surface area contributed by atoms with E-state index in [0.29, 0.717) is 12.2 Å². The second kappa shape index (κ2) is 6.42. The van der Waals surface area contributed by atoms with Crippen molar-refractivity contribution in [1.82, 2.24) is 10.6 Å². The number of ether oxygens (including phenoxy) is 1. The van der Waals surface area contributed by atoms with Crippen LogP contribution in [0.4, 0.5) is 4.39 Å². The number of amides is 1. The Bertz CT molecular complexity index is 559. The molecule has 0 radical (unpaired) electrons. The Kier molecular flexibility index (Phi) is 4.97. The molecule has 4 nitrogen and oxygen atoms in total. The van der Waals surface area contributed by atoms with Crippen molar-refractivity contribution >= 4 is 18.3 Å². The number of halogens is 2. The molecule has 1 aromatic rings. The smallest absolute Gasteiger partial charge is 0.237 e. The Balaban J connectivity index is 0.00000176. The van der Waals surface area contributed by atoms with Gasteiger partial charge in [0, 0.05) is 18.1 Å². The average molecular weight is 329 g/mol. The van der Waals surface area contributed by atoms with Crippen LogP contribution in [0.25, 0.3) is 0 Å². The summed E-state index contributed by atoms with van der Waals surface area (Å²) in [6.45, 7) is 4.79. The van der Waals surface area contributed by atoms with Gasteiger partial charge in [-0.25, -0.2) is 4.39 Å². The predicted octanol–water partition coefficient (Wildman–Crippen LogP) is 2.72. The standard InChI is InChI=1S/C16H21FN2O2.ClH/c1-16(2)9-13(19-15(20)12-4-3-7-18-12)11-6-5-10(17)8-14(11)21-16;/h5-6,8,12-13,18H,3-4,7,9H2,1-2H3,(H,19,20);1H. The van der Waals surface area contributed by atoms with Crippen molar-refractivity contribution in [2.24, 2.45) is 0 Å². The molecule has 2 atom stereocenters. The van der Waals surface area contributed by atoms with Gasteiger partial charge in [-0.1, -0.05) is 6.07 Å². The summed E-state index contributed by atoms with van der Waals surface area (Å²) >= 11 is 0. The van der Waals surface area contributed by atoms with Crippen LogP contribution in [0, 0.1) is 5.82 Å². The van der Waals surface area contributed by atoms with E-state index in [9.17, 15) is 9.18 Å². The molecule has 2 heterocycles. The topological polar surface area (TPSA) is 50.4 Å². The van der Waals surface area contributed by atoms with E-state index in [1.54, 1.807) is 6.07 Å². The summed E-state index contributed by atoms with van der Waals surface area (Å²) in [7, 11) is 0. The Morgan fingerprint density at radius 1 is 1.45 bits per heavy atom. The van der Waals surface area contributed by atoms with Crippen molar-refractivity contribution in [3.63, 3.8) is 0 Å². The van der Waals surface area contributed by atoms with Gasteiger partial charge in [0.25, 0.3) is 0 Å². The van der Waals surface area contributed by atoms with Gasteiger partial charge in [-0.2, -0.15) is 0 Å². The maximum atomic E-state index is 13.4. The number of rotatable bonds is 2. The maximum absolute atomic E-state index is 13.4. The van der Waals surface area contributed by atoms with Crippen molar-refractivity contribution in [2.45, 2.75) is 50.8 Å². The second-order valence-corrected chi connectivity index (χ2v) is 6.46. The lowest BCUT2D eigenvalue weighted by molar-refractivity contribution is -0.124. The average Bonchev–Trinajstić information content (AvgIpc) is 2.90. The highest BCUT2D eigenvalue weighted by Crippen LogP contribution is 2.39. The van der Waals surface area contributed by atoms with Gasteiger partial charge >= 0.3 is 0 Å². The van der Waals surface area contributed by atoms with Crippen LogP contribution in [-0.4, -0.2) is 24.1 Å². The van der Waals surface area contributed by atoms with Gasteiger partial charge in [0.05, 0.1) is 12.1 Å². The normalized spacial score (nSPS) is 25.6.